The van der Waals surface area contributed by atoms with Crippen LogP contribution >= 0.6 is 0 Å². The van der Waals surface area contributed by atoms with Crippen LogP contribution in [0.5, 0.6) is 0 Å². The number of aryl methyl sites for hydroxylation is 1. The standard InChI is InChI=1S/C36H25N3/c1-24-17-18-28-19-20-30-31(23-33(27-15-9-4-10-16-27)39-36(30)35(28)37-24)34-22-29(25-11-5-2-6-12-25)21-32(38-34)26-13-7-3-8-14-26/h2-23H,1H3. The average molecular weight is 500 g/mol. The van der Waals surface area contributed by atoms with Crippen LogP contribution in [-0.2, 0) is 0 Å². The number of pyridine rings is 3. The van der Waals surface area contributed by atoms with Gasteiger partial charge in [-0.05, 0) is 42.3 Å². The third-order valence-corrected chi connectivity index (χ3v) is 7.13. The summed E-state index contributed by atoms with van der Waals surface area (Å²) in [5.41, 5.74) is 11.0. The van der Waals surface area contributed by atoms with Crippen molar-refractivity contribution in [1.29, 1.82) is 0 Å². The van der Waals surface area contributed by atoms with E-state index in [1.807, 2.05) is 43.3 Å². The van der Waals surface area contributed by atoms with Crippen molar-refractivity contribution in [2.45, 2.75) is 6.92 Å². The van der Waals surface area contributed by atoms with Crippen LogP contribution < -0.4 is 0 Å². The van der Waals surface area contributed by atoms with Crippen molar-refractivity contribution in [3.63, 3.8) is 0 Å². The first-order chi connectivity index (χ1) is 19.2. The highest BCUT2D eigenvalue weighted by molar-refractivity contribution is 6.09. The first-order valence-corrected chi connectivity index (χ1v) is 13.1. The first kappa shape index (κ1) is 23.0. The maximum absolute atomic E-state index is 5.23. The van der Waals surface area contributed by atoms with Crippen LogP contribution in [-0.4, -0.2) is 15.0 Å². The van der Waals surface area contributed by atoms with Gasteiger partial charge in [0.25, 0.3) is 0 Å². The number of nitrogens with zero attached hydrogens (tertiary/aromatic N) is 3. The number of hydrogen-bond acceptors (Lipinski definition) is 3. The lowest BCUT2D eigenvalue weighted by molar-refractivity contribution is 1.25. The minimum atomic E-state index is 0.890. The highest BCUT2D eigenvalue weighted by atomic mass is 14.8. The smallest absolute Gasteiger partial charge is 0.0979 e. The molecule has 0 spiro atoms. The Morgan fingerprint density at radius 2 is 0.974 bits per heavy atom. The third kappa shape index (κ3) is 4.34. The summed E-state index contributed by atoms with van der Waals surface area (Å²) in [6.07, 6.45) is 0. The van der Waals surface area contributed by atoms with Crippen LogP contribution in [0.4, 0.5) is 0 Å². The van der Waals surface area contributed by atoms with Gasteiger partial charge in [0, 0.05) is 33.2 Å². The molecule has 39 heavy (non-hydrogen) atoms. The Hall–Kier alpha value is -5.15. The third-order valence-electron chi connectivity index (χ3n) is 7.13. The van der Waals surface area contributed by atoms with E-state index in [-0.39, 0.29) is 0 Å². The Labute approximate surface area is 227 Å². The summed E-state index contributed by atoms with van der Waals surface area (Å²) >= 11 is 0. The predicted molar refractivity (Wildman–Crippen MR) is 161 cm³/mol. The molecule has 0 saturated heterocycles. The molecule has 7 rings (SSSR count). The van der Waals surface area contributed by atoms with Gasteiger partial charge in [0.1, 0.15) is 0 Å². The Balaban J connectivity index is 1.56. The molecular formula is C36H25N3. The summed E-state index contributed by atoms with van der Waals surface area (Å²) < 4.78 is 0. The molecular weight excluding hydrogens is 474 g/mol. The molecule has 0 aliphatic carbocycles. The summed E-state index contributed by atoms with van der Waals surface area (Å²) in [6.45, 7) is 2.03. The van der Waals surface area contributed by atoms with Crippen molar-refractivity contribution < 1.29 is 0 Å². The largest absolute Gasteiger partial charge is 0.251 e. The lowest BCUT2D eigenvalue weighted by Crippen LogP contribution is -1.96. The second-order valence-corrected chi connectivity index (χ2v) is 9.77. The lowest BCUT2D eigenvalue weighted by Gasteiger charge is -2.14. The summed E-state index contributed by atoms with van der Waals surface area (Å²) in [5, 5.41) is 2.12. The van der Waals surface area contributed by atoms with Gasteiger partial charge in [-0.1, -0.05) is 109 Å². The van der Waals surface area contributed by atoms with Gasteiger partial charge in [-0.2, -0.15) is 0 Å². The zero-order valence-electron chi connectivity index (χ0n) is 21.5. The van der Waals surface area contributed by atoms with Gasteiger partial charge in [-0.25, -0.2) is 9.97 Å². The second-order valence-electron chi connectivity index (χ2n) is 9.77. The zero-order chi connectivity index (χ0) is 26.2. The molecule has 3 heteroatoms. The highest BCUT2D eigenvalue weighted by Gasteiger charge is 2.16. The molecule has 0 amide bonds. The van der Waals surface area contributed by atoms with Crippen molar-refractivity contribution in [2.24, 2.45) is 0 Å². The SMILES string of the molecule is Cc1ccc2ccc3c(-c4cc(-c5ccccc5)cc(-c5ccccc5)n4)cc(-c4ccccc4)nc3c2n1. The number of benzene rings is 4. The minimum absolute atomic E-state index is 0.890. The van der Waals surface area contributed by atoms with E-state index >= 15 is 0 Å². The Morgan fingerprint density at radius 3 is 1.64 bits per heavy atom. The number of rotatable bonds is 4. The Kier molecular flexibility index (Phi) is 5.68. The number of hydrogen-bond donors (Lipinski definition) is 0. The summed E-state index contributed by atoms with van der Waals surface area (Å²) in [5.74, 6) is 0. The molecule has 0 unspecified atom stereocenters. The molecule has 0 aliphatic heterocycles. The fraction of sp³-hybridized carbons (Fsp3) is 0.0278. The van der Waals surface area contributed by atoms with Gasteiger partial charge >= 0.3 is 0 Å². The van der Waals surface area contributed by atoms with Gasteiger partial charge in [-0.15, -0.1) is 0 Å². The second kappa shape index (κ2) is 9.62. The van der Waals surface area contributed by atoms with Gasteiger partial charge in [0.15, 0.2) is 0 Å². The van der Waals surface area contributed by atoms with E-state index in [1.54, 1.807) is 0 Å². The van der Waals surface area contributed by atoms with E-state index in [0.717, 1.165) is 72.4 Å². The molecule has 3 nitrogen and oxygen atoms in total. The van der Waals surface area contributed by atoms with Gasteiger partial charge in [0.05, 0.1) is 28.1 Å². The van der Waals surface area contributed by atoms with E-state index in [9.17, 15) is 0 Å². The number of aromatic nitrogens is 3. The molecule has 0 aliphatic rings. The van der Waals surface area contributed by atoms with E-state index in [2.05, 4.69) is 97.1 Å². The molecule has 0 radical (unpaired) electrons. The Morgan fingerprint density at radius 1 is 0.410 bits per heavy atom. The maximum atomic E-state index is 5.23. The molecule has 0 bridgehead atoms. The quantitative estimate of drug-likeness (QED) is 0.227. The van der Waals surface area contributed by atoms with Crippen LogP contribution in [0.2, 0.25) is 0 Å². The fourth-order valence-electron chi connectivity index (χ4n) is 5.16. The van der Waals surface area contributed by atoms with Crippen molar-refractivity contribution >= 4 is 21.8 Å². The normalized spacial score (nSPS) is 11.2. The predicted octanol–water partition coefficient (Wildman–Crippen LogP) is 9.15. The summed E-state index contributed by atoms with van der Waals surface area (Å²) in [6, 6.07) is 46.2. The van der Waals surface area contributed by atoms with Crippen molar-refractivity contribution in [2.75, 3.05) is 0 Å². The van der Waals surface area contributed by atoms with Crippen LogP contribution in [0.3, 0.4) is 0 Å². The average Bonchev–Trinajstić information content (AvgIpc) is 3.01. The van der Waals surface area contributed by atoms with Gasteiger partial charge in [0.2, 0.25) is 0 Å². The van der Waals surface area contributed by atoms with Crippen LogP contribution in [0.1, 0.15) is 5.69 Å². The van der Waals surface area contributed by atoms with E-state index in [0.29, 0.717) is 0 Å². The summed E-state index contributed by atoms with van der Waals surface area (Å²) in [7, 11) is 0. The van der Waals surface area contributed by atoms with Crippen molar-refractivity contribution in [1.82, 2.24) is 15.0 Å². The minimum Gasteiger partial charge on any atom is -0.251 e. The topological polar surface area (TPSA) is 38.7 Å². The molecule has 3 heterocycles. The van der Waals surface area contributed by atoms with Crippen LogP contribution in [0, 0.1) is 6.92 Å². The molecule has 7 aromatic rings. The highest BCUT2D eigenvalue weighted by Crippen LogP contribution is 2.37. The monoisotopic (exact) mass is 499 g/mol. The number of fused-ring (bicyclic) bond motifs is 3. The molecule has 4 aromatic carbocycles. The molecule has 3 aromatic heterocycles. The Bertz CT molecular complexity index is 1890. The molecule has 0 saturated carbocycles. The van der Waals surface area contributed by atoms with Gasteiger partial charge in [-0.3, -0.25) is 4.98 Å². The molecule has 0 atom stereocenters. The zero-order valence-corrected chi connectivity index (χ0v) is 21.5. The first-order valence-electron chi connectivity index (χ1n) is 13.1. The van der Waals surface area contributed by atoms with Crippen molar-refractivity contribution in [3.8, 4) is 44.9 Å². The van der Waals surface area contributed by atoms with Gasteiger partial charge < -0.3 is 0 Å². The molecule has 0 fully saturated rings. The molecule has 0 N–H and O–H groups in total. The van der Waals surface area contributed by atoms with Crippen LogP contribution in [0.15, 0.2) is 133 Å². The molecule has 184 valence electrons. The van der Waals surface area contributed by atoms with Crippen molar-refractivity contribution in [3.05, 3.63) is 139 Å². The van der Waals surface area contributed by atoms with E-state index in [1.165, 1.54) is 0 Å². The van der Waals surface area contributed by atoms with Crippen LogP contribution in [0.25, 0.3) is 66.7 Å². The summed E-state index contributed by atoms with van der Waals surface area (Å²) in [4.78, 5) is 15.3. The van der Waals surface area contributed by atoms with E-state index < -0.39 is 0 Å². The fourth-order valence-corrected chi connectivity index (χ4v) is 5.16. The van der Waals surface area contributed by atoms with E-state index in [4.69, 9.17) is 15.0 Å². The lowest BCUT2D eigenvalue weighted by atomic mass is 9.96. The maximum Gasteiger partial charge on any atom is 0.0979 e.